The normalized spacial score (nSPS) is 16.6. The van der Waals surface area contributed by atoms with E-state index in [-0.39, 0.29) is 17.0 Å². The van der Waals surface area contributed by atoms with Gasteiger partial charge in [0.1, 0.15) is 0 Å². The van der Waals surface area contributed by atoms with Crippen LogP contribution >= 0.6 is 0 Å². The lowest BCUT2D eigenvalue weighted by molar-refractivity contribution is 0.363. The van der Waals surface area contributed by atoms with Gasteiger partial charge in [-0.2, -0.15) is 0 Å². The summed E-state index contributed by atoms with van der Waals surface area (Å²) >= 11 is 0. The molecule has 82 valence electrons. The van der Waals surface area contributed by atoms with E-state index >= 15 is 0 Å². The van der Waals surface area contributed by atoms with Crippen LogP contribution in [-0.4, -0.2) is 0 Å². The third-order valence-corrected chi connectivity index (χ3v) is 3.06. The smallest absolute Gasteiger partial charge is 0.197 e. The Hall–Kier alpha value is -1.06. The van der Waals surface area contributed by atoms with Gasteiger partial charge in [-0.3, -0.25) is 0 Å². The minimum atomic E-state index is -1.71. The van der Waals surface area contributed by atoms with E-state index in [9.17, 15) is 17.6 Å². The predicted octanol–water partition coefficient (Wildman–Crippen LogP) is 3.82. The fourth-order valence-electron chi connectivity index (χ4n) is 1.94. The lowest BCUT2D eigenvalue weighted by Gasteiger charge is -2.28. The van der Waals surface area contributed by atoms with E-state index in [1.807, 2.05) is 0 Å². The molecule has 1 fully saturated rings. The zero-order valence-electron chi connectivity index (χ0n) is 8.21. The number of benzene rings is 1. The van der Waals surface area contributed by atoms with E-state index in [0.29, 0.717) is 12.8 Å². The first-order valence-electron chi connectivity index (χ1n) is 4.86. The second kappa shape index (κ2) is 3.51. The number of halogens is 4. The van der Waals surface area contributed by atoms with Crippen molar-refractivity contribution in [3.05, 3.63) is 34.4 Å². The van der Waals surface area contributed by atoms with Gasteiger partial charge in [0.05, 0.1) is 0 Å². The third-order valence-electron chi connectivity index (χ3n) is 3.06. The summed E-state index contributed by atoms with van der Waals surface area (Å²) in [6.45, 7) is 1.29. The molecule has 15 heavy (non-hydrogen) atoms. The fraction of sp³-hybridized carbons (Fsp3) is 0.455. The second-order valence-corrected chi connectivity index (χ2v) is 3.92. The van der Waals surface area contributed by atoms with Gasteiger partial charge in [-0.25, -0.2) is 17.6 Å². The maximum Gasteiger partial charge on any atom is 0.197 e. The summed E-state index contributed by atoms with van der Waals surface area (Å²) in [5, 5.41) is 0. The molecule has 1 aliphatic carbocycles. The van der Waals surface area contributed by atoms with Crippen molar-refractivity contribution < 1.29 is 17.6 Å². The second-order valence-electron chi connectivity index (χ2n) is 3.92. The highest BCUT2D eigenvalue weighted by atomic mass is 19.2. The molecular formula is C11H10F4. The summed E-state index contributed by atoms with van der Waals surface area (Å²) in [6, 6.07) is 0. The van der Waals surface area contributed by atoms with Crippen molar-refractivity contribution in [1.29, 1.82) is 0 Å². The molecule has 0 radical (unpaired) electrons. The summed E-state index contributed by atoms with van der Waals surface area (Å²) in [7, 11) is 0. The van der Waals surface area contributed by atoms with Gasteiger partial charge in [0.15, 0.2) is 23.3 Å². The van der Waals surface area contributed by atoms with Crippen LogP contribution in [0.2, 0.25) is 0 Å². The molecular weight excluding hydrogens is 208 g/mol. The van der Waals surface area contributed by atoms with Crippen molar-refractivity contribution >= 4 is 0 Å². The fourth-order valence-corrected chi connectivity index (χ4v) is 1.94. The predicted molar refractivity (Wildman–Crippen MR) is 47.6 cm³/mol. The lowest BCUT2D eigenvalue weighted by Crippen LogP contribution is -2.16. The Kier molecular flexibility index (Phi) is 2.44. The zero-order chi connectivity index (χ0) is 11.2. The maximum absolute atomic E-state index is 13.4. The van der Waals surface area contributed by atoms with Crippen LogP contribution in [0.25, 0.3) is 0 Å². The van der Waals surface area contributed by atoms with Crippen LogP contribution in [-0.2, 0) is 0 Å². The number of rotatable bonds is 1. The van der Waals surface area contributed by atoms with Gasteiger partial charge < -0.3 is 0 Å². The first-order chi connectivity index (χ1) is 7.04. The molecule has 0 amide bonds. The maximum atomic E-state index is 13.4. The van der Waals surface area contributed by atoms with Gasteiger partial charge in [0.25, 0.3) is 0 Å². The summed E-state index contributed by atoms with van der Waals surface area (Å²) in [5.41, 5.74) is -0.0891. The SMILES string of the molecule is Cc1c(F)c(F)c(F)c(F)c1C1CCC1. The molecule has 0 unspecified atom stereocenters. The molecule has 0 spiro atoms. The van der Waals surface area contributed by atoms with Gasteiger partial charge in [0.2, 0.25) is 0 Å². The highest BCUT2D eigenvalue weighted by molar-refractivity contribution is 5.35. The molecule has 2 rings (SSSR count). The molecule has 1 aromatic carbocycles. The highest BCUT2D eigenvalue weighted by Gasteiger charge is 2.30. The number of hydrogen-bond acceptors (Lipinski definition) is 0. The Morgan fingerprint density at radius 1 is 0.867 bits per heavy atom. The first kappa shape index (κ1) is 10.5. The number of hydrogen-bond donors (Lipinski definition) is 0. The third kappa shape index (κ3) is 1.43. The van der Waals surface area contributed by atoms with E-state index in [1.165, 1.54) is 6.92 Å². The Labute approximate surface area is 84.9 Å². The zero-order valence-corrected chi connectivity index (χ0v) is 8.21. The van der Waals surface area contributed by atoms with Crippen molar-refractivity contribution in [3.63, 3.8) is 0 Å². The molecule has 0 nitrogen and oxygen atoms in total. The Morgan fingerprint density at radius 3 is 1.87 bits per heavy atom. The minimum absolute atomic E-state index is 0.0117. The Balaban J connectivity index is 2.62. The topological polar surface area (TPSA) is 0 Å². The molecule has 0 atom stereocenters. The molecule has 0 aromatic heterocycles. The van der Waals surface area contributed by atoms with Crippen molar-refractivity contribution in [3.8, 4) is 0 Å². The summed E-state index contributed by atoms with van der Waals surface area (Å²) in [4.78, 5) is 0. The van der Waals surface area contributed by atoms with Crippen LogP contribution in [0.4, 0.5) is 17.6 Å². The van der Waals surface area contributed by atoms with Crippen molar-refractivity contribution in [2.45, 2.75) is 32.1 Å². The standard InChI is InChI=1S/C11H10F4/c1-5-7(6-3-2-4-6)9(13)11(15)10(14)8(5)12/h6H,2-4H2,1H3. The Morgan fingerprint density at radius 2 is 1.40 bits per heavy atom. The van der Waals surface area contributed by atoms with E-state index in [4.69, 9.17) is 0 Å². The minimum Gasteiger partial charge on any atom is -0.203 e. The molecule has 0 bridgehead atoms. The van der Waals surface area contributed by atoms with Crippen LogP contribution in [0, 0.1) is 30.2 Å². The molecule has 4 heteroatoms. The lowest BCUT2D eigenvalue weighted by atomic mass is 9.78. The summed E-state index contributed by atoms with van der Waals surface area (Å²) < 4.78 is 52.4. The van der Waals surface area contributed by atoms with Crippen molar-refractivity contribution in [2.24, 2.45) is 0 Å². The van der Waals surface area contributed by atoms with Gasteiger partial charge >= 0.3 is 0 Å². The largest absolute Gasteiger partial charge is 0.203 e. The van der Waals surface area contributed by atoms with Gasteiger partial charge in [0, 0.05) is 5.56 Å². The monoisotopic (exact) mass is 218 g/mol. The molecule has 0 aliphatic heterocycles. The van der Waals surface area contributed by atoms with Crippen LogP contribution in [0.3, 0.4) is 0 Å². The highest BCUT2D eigenvalue weighted by Crippen LogP contribution is 2.40. The van der Waals surface area contributed by atoms with Crippen LogP contribution in [0.15, 0.2) is 0 Å². The quantitative estimate of drug-likeness (QED) is 0.382. The van der Waals surface area contributed by atoms with E-state index in [1.54, 1.807) is 0 Å². The Bertz CT molecular complexity index is 379. The molecule has 0 saturated heterocycles. The first-order valence-corrected chi connectivity index (χ1v) is 4.86. The van der Waals surface area contributed by atoms with Crippen LogP contribution in [0.1, 0.15) is 36.3 Å². The van der Waals surface area contributed by atoms with Gasteiger partial charge in [-0.05, 0) is 31.2 Å². The van der Waals surface area contributed by atoms with Crippen LogP contribution in [0.5, 0.6) is 0 Å². The van der Waals surface area contributed by atoms with Crippen LogP contribution < -0.4 is 0 Å². The molecule has 0 heterocycles. The summed E-state index contributed by atoms with van der Waals surface area (Å²) in [6.07, 6.45) is 2.34. The molecule has 1 saturated carbocycles. The van der Waals surface area contributed by atoms with Crippen molar-refractivity contribution in [2.75, 3.05) is 0 Å². The van der Waals surface area contributed by atoms with E-state index in [0.717, 1.165) is 6.42 Å². The molecule has 0 N–H and O–H groups in total. The summed E-state index contributed by atoms with van der Waals surface area (Å²) in [5.74, 6) is -6.06. The van der Waals surface area contributed by atoms with Gasteiger partial charge in [-0.15, -0.1) is 0 Å². The van der Waals surface area contributed by atoms with E-state index in [2.05, 4.69) is 0 Å². The van der Waals surface area contributed by atoms with Gasteiger partial charge in [-0.1, -0.05) is 6.42 Å². The molecule has 1 aliphatic rings. The average Bonchev–Trinajstić information content (AvgIpc) is 2.15. The molecule has 1 aromatic rings. The average molecular weight is 218 g/mol. The van der Waals surface area contributed by atoms with Crippen molar-refractivity contribution in [1.82, 2.24) is 0 Å². The van der Waals surface area contributed by atoms with E-state index < -0.39 is 23.3 Å².